The van der Waals surface area contributed by atoms with E-state index in [1.807, 2.05) is 18.2 Å². The molecule has 1 heterocycles. The van der Waals surface area contributed by atoms with Gasteiger partial charge in [-0.15, -0.1) is 0 Å². The predicted molar refractivity (Wildman–Crippen MR) is 112 cm³/mol. The molecule has 26 heavy (non-hydrogen) atoms. The molecule has 2 rings (SSSR count). The molecule has 2 heteroatoms. The van der Waals surface area contributed by atoms with E-state index in [9.17, 15) is 0 Å². The Morgan fingerprint density at radius 1 is 0.962 bits per heavy atom. The molecule has 0 saturated carbocycles. The molecule has 1 aliphatic rings. The average Bonchev–Trinajstić information content (AvgIpc) is 3.49. The lowest BCUT2D eigenvalue weighted by atomic mass is 10.1. The van der Waals surface area contributed by atoms with Gasteiger partial charge in [0.25, 0.3) is 0 Å². The van der Waals surface area contributed by atoms with Crippen LogP contribution in [0.3, 0.4) is 0 Å². The van der Waals surface area contributed by atoms with E-state index >= 15 is 0 Å². The number of para-hydroxylation sites is 1. The predicted octanol–water partition coefficient (Wildman–Crippen LogP) is 6.95. The molecular weight excluding hydrogens is 320 g/mol. The monoisotopic (exact) mass is 356 g/mol. The van der Waals surface area contributed by atoms with Crippen molar-refractivity contribution in [2.75, 3.05) is 13.2 Å². The van der Waals surface area contributed by atoms with E-state index < -0.39 is 0 Å². The summed E-state index contributed by atoms with van der Waals surface area (Å²) in [5, 5.41) is 0. The Morgan fingerprint density at radius 3 is 2.38 bits per heavy atom. The Balaban J connectivity index is 1.53. The fourth-order valence-electron chi connectivity index (χ4n) is 3.00. The van der Waals surface area contributed by atoms with E-state index in [2.05, 4.69) is 37.3 Å². The lowest BCUT2D eigenvalue weighted by Gasteiger charge is -2.07. The number of epoxide rings is 1. The van der Waals surface area contributed by atoms with E-state index in [4.69, 9.17) is 9.47 Å². The van der Waals surface area contributed by atoms with Crippen LogP contribution in [0.1, 0.15) is 76.7 Å². The quantitative estimate of drug-likeness (QED) is 0.192. The molecule has 1 aliphatic heterocycles. The van der Waals surface area contributed by atoms with Crippen LogP contribution in [0.15, 0.2) is 42.5 Å². The number of benzene rings is 1. The topological polar surface area (TPSA) is 21.8 Å². The van der Waals surface area contributed by atoms with Crippen LogP contribution in [0.5, 0.6) is 5.75 Å². The number of hydrogen-bond acceptors (Lipinski definition) is 2. The smallest absolute Gasteiger partial charge is 0.126 e. The summed E-state index contributed by atoms with van der Waals surface area (Å²) in [6.45, 7) is 3.76. The fourth-order valence-corrected chi connectivity index (χ4v) is 3.00. The molecular formula is C24H36O2. The minimum Gasteiger partial charge on any atom is -0.490 e. The van der Waals surface area contributed by atoms with Gasteiger partial charge < -0.3 is 9.47 Å². The van der Waals surface area contributed by atoms with Gasteiger partial charge in [0.15, 0.2) is 0 Å². The molecule has 1 aromatic carbocycles. The van der Waals surface area contributed by atoms with E-state index in [0.29, 0.717) is 12.7 Å². The molecule has 1 saturated heterocycles. The number of hydrogen-bond donors (Lipinski definition) is 0. The van der Waals surface area contributed by atoms with Crippen molar-refractivity contribution >= 4 is 6.08 Å². The maximum absolute atomic E-state index is 5.82. The average molecular weight is 357 g/mol. The van der Waals surface area contributed by atoms with Crippen LogP contribution in [0.2, 0.25) is 0 Å². The third-order valence-corrected chi connectivity index (χ3v) is 4.74. The van der Waals surface area contributed by atoms with Gasteiger partial charge in [-0.25, -0.2) is 0 Å². The second-order valence-electron chi connectivity index (χ2n) is 7.21. The maximum atomic E-state index is 5.82. The van der Waals surface area contributed by atoms with Crippen molar-refractivity contribution in [3.8, 4) is 5.75 Å². The van der Waals surface area contributed by atoms with Crippen LogP contribution in [0.4, 0.5) is 0 Å². The molecule has 0 aliphatic carbocycles. The second kappa shape index (κ2) is 13.6. The van der Waals surface area contributed by atoms with Crippen LogP contribution in [-0.2, 0) is 4.74 Å². The minimum absolute atomic E-state index is 0.295. The summed E-state index contributed by atoms with van der Waals surface area (Å²) in [5.41, 5.74) is 1.13. The SMILES string of the molecule is CCCCCCCCCCCC=CC=Cc1ccccc1OCC1CO1. The van der Waals surface area contributed by atoms with E-state index in [-0.39, 0.29) is 0 Å². The van der Waals surface area contributed by atoms with Crippen molar-refractivity contribution in [3.63, 3.8) is 0 Å². The molecule has 0 spiro atoms. The molecule has 1 fully saturated rings. The highest BCUT2D eigenvalue weighted by Crippen LogP contribution is 2.21. The lowest BCUT2D eigenvalue weighted by Crippen LogP contribution is -2.04. The number of ether oxygens (including phenoxy) is 2. The Kier molecular flexibility index (Phi) is 10.9. The van der Waals surface area contributed by atoms with Crippen molar-refractivity contribution in [1.29, 1.82) is 0 Å². The van der Waals surface area contributed by atoms with Crippen LogP contribution < -0.4 is 4.74 Å². The van der Waals surface area contributed by atoms with Gasteiger partial charge in [-0.1, -0.05) is 101 Å². The Morgan fingerprint density at radius 2 is 1.65 bits per heavy atom. The van der Waals surface area contributed by atoms with Gasteiger partial charge in [-0.2, -0.15) is 0 Å². The highest BCUT2D eigenvalue weighted by molar-refractivity contribution is 5.58. The van der Waals surface area contributed by atoms with Crippen molar-refractivity contribution in [1.82, 2.24) is 0 Å². The summed E-state index contributed by atoms with van der Waals surface area (Å²) in [6, 6.07) is 8.17. The summed E-state index contributed by atoms with van der Waals surface area (Å²) >= 11 is 0. The molecule has 144 valence electrons. The van der Waals surface area contributed by atoms with Crippen LogP contribution >= 0.6 is 0 Å². The van der Waals surface area contributed by atoms with E-state index in [1.165, 1.54) is 64.2 Å². The standard InChI is InChI=1S/C24H36O2/c1-2-3-4-5-6-7-8-9-10-11-12-13-14-17-22-18-15-16-19-24(22)26-21-23-20-25-23/h12-19,23H,2-11,20-21H2,1H3. The summed E-state index contributed by atoms with van der Waals surface area (Å²) in [7, 11) is 0. The number of unbranched alkanes of at least 4 members (excludes halogenated alkanes) is 9. The Bertz CT molecular complexity index is 529. The van der Waals surface area contributed by atoms with Crippen LogP contribution in [0, 0.1) is 0 Å². The van der Waals surface area contributed by atoms with Crippen molar-refractivity contribution < 1.29 is 9.47 Å². The molecule has 0 bridgehead atoms. The molecule has 0 N–H and O–H groups in total. The Hall–Kier alpha value is -1.54. The first kappa shape index (κ1) is 20.8. The molecule has 2 nitrogen and oxygen atoms in total. The van der Waals surface area contributed by atoms with Gasteiger partial charge >= 0.3 is 0 Å². The van der Waals surface area contributed by atoms with Gasteiger partial charge in [0, 0.05) is 5.56 Å². The highest BCUT2D eigenvalue weighted by Gasteiger charge is 2.23. The fraction of sp³-hybridized carbons (Fsp3) is 0.583. The second-order valence-corrected chi connectivity index (χ2v) is 7.21. The zero-order chi connectivity index (χ0) is 18.3. The molecule has 1 unspecified atom stereocenters. The highest BCUT2D eigenvalue weighted by atomic mass is 16.6. The van der Waals surface area contributed by atoms with Gasteiger partial charge in [0.05, 0.1) is 6.61 Å². The number of rotatable bonds is 15. The van der Waals surface area contributed by atoms with Crippen molar-refractivity contribution in [3.05, 3.63) is 48.1 Å². The molecule has 0 radical (unpaired) electrons. The van der Waals surface area contributed by atoms with Crippen LogP contribution in [0.25, 0.3) is 6.08 Å². The first-order valence-corrected chi connectivity index (χ1v) is 10.6. The van der Waals surface area contributed by atoms with Gasteiger partial charge in [-0.05, 0) is 18.9 Å². The van der Waals surface area contributed by atoms with Gasteiger partial charge in [0.2, 0.25) is 0 Å². The van der Waals surface area contributed by atoms with E-state index in [1.54, 1.807) is 0 Å². The zero-order valence-corrected chi connectivity index (χ0v) is 16.5. The molecule has 1 aromatic rings. The molecule has 1 atom stereocenters. The Labute approximate surface area is 160 Å². The normalized spacial score (nSPS) is 16.6. The largest absolute Gasteiger partial charge is 0.490 e. The molecule has 0 amide bonds. The zero-order valence-electron chi connectivity index (χ0n) is 16.5. The summed E-state index contributed by atoms with van der Waals surface area (Å²) < 4.78 is 11.0. The van der Waals surface area contributed by atoms with Crippen LogP contribution in [-0.4, -0.2) is 19.3 Å². The minimum atomic E-state index is 0.295. The molecule has 0 aromatic heterocycles. The third kappa shape index (κ3) is 9.82. The number of allylic oxidation sites excluding steroid dienone is 3. The first-order valence-electron chi connectivity index (χ1n) is 10.6. The van der Waals surface area contributed by atoms with E-state index in [0.717, 1.165) is 17.9 Å². The third-order valence-electron chi connectivity index (χ3n) is 4.74. The maximum Gasteiger partial charge on any atom is 0.126 e. The summed E-state index contributed by atoms with van der Waals surface area (Å²) in [4.78, 5) is 0. The van der Waals surface area contributed by atoms with Crippen molar-refractivity contribution in [2.45, 2.75) is 77.2 Å². The summed E-state index contributed by atoms with van der Waals surface area (Å²) in [6.07, 6.45) is 22.6. The van der Waals surface area contributed by atoms with Gasteiger partial charge in [0.1, 0.15) is 18.5 Å². The summed E-state index contributed by atoms with van der Waals surface area (Å²) in [5.74, 6) is 0.937. The first-order chi connectivity index (χ1) is 12.9. The van der Waals surface area contributed by atoms with Crippen molar-refractivity contribution in [2.24, 2.45) is 0 Å². The lowest BCUT2D eigenvalue weighted by molar-refractivity contribution is 0.262. The van der Waals surface area contributed by atoms with Gasteiger partial charge in [-0.3, -0.25) is 0 Å².